The Morgan fingerprint density at radius 3 is 2.55 bits per heavy atom. The van der Waals surface area contributed by atoms with Gasteiger partial charge in [0.25, 0.3) is 11.6 Å². The van der Waals surface area contributed by atoms with Crippen molar-refractivity contribution in [3.05, 3.63) is 69.3 Å². The Balaban J connectivity index is 0.00000341. The number of carbonyl (C=O) groups excluding carboxylic acids is 1. The van der Waals surface area contributed by atoms with Gasteiger partial charge < -0.3 is 4.90 Å². The molecule has 0 aliphatic carbocycles. The third-order valence-corrected chi connectivity index (χ3v) is 5.80. The minimum Gasteiger partial charge on any atom is -0.308 e. The summed E-state index contributed by atoms with van der Waals surface area (Å²) in [4.78, 5) is 31.9. The molecule has 0 N–H and O–H groups in total. The Kier molecular flexibility index (Phi) is 8.27. The largest absolute Gasteiger partial charge is 0.308 e. The van der Waals surface area contributed by atoms with E-state index in [1.807, 2.05) is 32.0 Å². The summed E-state index contributed by atoms with van der Waals surface area (Å²) in [6.07, 6.45) is 3.04. The van der Waals surface area contributed by atoms with Gasteiger partial charge in [-0.05, 0) is 62.8 Å². The van der Waals surface area contributed by atoms with E-state index in [0.29, 0.717) is 23.8 Å². The van der Waals surface area contributed by atoms with E-state index in [4.69, 9.17) is 0 Å². The summed E-state index contributed by atoms with van der Waals surface area (Å²) in [5.41, 5.74) is 3.82. The molecular formula is C22H25ClN4O3S. The van der Waals surface area contributed by atoms with Crippen molar-refractivity contribution in [2.45, 2.75) is 13.8 Å². The van der Waals surface area contributed by atoms with E-state index in [0.717, 1.165) is 15.8 Å². The minimum absolute atomic E-state index is 0. The predicted molar refractivity (Wildman–Crippen MR) is 129 cm³/mol. The molecule has 0 saturated carbocycles. The Labute approximate surface area is 191 Å². The number of benzene rings is 2. The second-order valence-electron chi connectivity index (χ2n) is 7.38. The third-order valence-electron chi connectivity index (χ3n) is 4.76. The highest BCUT2D eigenvalue weighted by Crippen LogP contribution is 2.31. The Hall–Kier alpha value is -2.81. The van der Waals surface area contributed by atoms with Gasteiger partial charge in [0, 0.05) is 31.3 Å². The first-order valence-electron chi connectivity index (χ1n) is 9.51. The average molecular weight is 461 g/mol. The molecule has 1 amide bonds. The number of nitro benzene ring substituents is 1. The van der Waals surface area contributed by atoms with E-state index in [-0.39, 0.29) is 24.0 Å². The lowest BCUT2D eigenvalue weighted by atomic mass is 10.1. The maximum Gasteiger partial charge on any atom is 0.270 e. The van der Waals surface area contributed by atoms with E-state index >= 15 is 0 Å². The van der Waals surface area contributed by atoms with Crippen molar-refractivity contribution in [2.24, 2.45) is 0 Å². The number of amides is 1. The topological polar surface area (TPSA) is 79.6 Å². The smallest absolute Gasteiger partial charge is 0.270 e. The summed E-state index contributed by atoms with van der Waals surface area (Å²) in [6, 6.07) is 10.3. The molecule has 164 valence electrons. The van der Waals surface area contributed by atoms with Crippen LogP contribution in [0.3, 0.4) is 0 Å². The fraction of sp³-hybridized carbons (Fsp3) is 0.273. The van der Waals surface area contributed by atoms with Gasteiger partial charge in [0.2, 0.25) is 0 Å². The molecule has 9 heteroatoms. The van der Waals surface area contributed by atoms with Gasteiger partial charge in [-0.1, -0.05) is 23.5 Å². The zero-order valence-electron chi connectivity index (χ0n) is 17.9. The number of non-ortho nitro benzene ring substituents is 1. The molecule has 0 fully saturated rings. The maximum atomic E-state index is 13.0. The highest BCUT2D eigenvalue weighted by atomic mass is 35.5. The first-order valence-corrected chi connectivity index (χ1v) is 10.3. The lowest BCUT2D eigenvalue weighted by molar-refractivity contribution is -0.384. The van der Waals surface area contributed by atoms with Crippen LogP contribution in [0.25, 0.3) is 16.3 Å². The zero-order valence-corrected chi connectivity index (χ0v) is 19.5. The first-order chi connectivity index (χ1) is 14.2. The Morgan fingerprint density at radius 2 is 1.87 bits per heavy atom. The fourth-order valence-electron chi connectivity index (χ4n) is 2.88. The first kappa shape index (κ1) is 24.5. The van der Waals surface area contributed by atoms with Crippen LogP contribution < -0.4 is 4.90 Å². The number of rotatable bonds is 7. The van der Waals surface area contributed by atoms with Crippen LogP contribution in [0.5, 0.6) is 0 Å². The van der Waals surface area contributed by atoms with Crippen LogP contribution in [-0.2, 0) is 4.79 Å². The summed E-state index contributed by atoms with van der Waals surface area (Å²) in [6.45, 7) is 5.28. The second kappa shape index (κ2) is 10.5. The Bertz CT molecular complexity index is 1090. The van der Waals surface area contributed by atoms with Crippen LogP contribution in [0.1, 0.15) is 16.7 Å². The molecule has 0 spiro atoms. The molecular weight excluding hydrogens is 436 g/mol. The van der Waals surface area contributed by atoms with E-state index < -0.39 is 4.92 Å². The lowest BCUT2D eigenvalue weighted by Crippen LogP contribution is -2.35. The van der Waals surface area contributed by atoms with Crippen LogP contribution >= 0.6 is 23.7 Å². The van der Waals surface area contributed by atoms with Crippen molar-refractivity contribution >= 4 is 56.8 Å². The number of fused-ring (bicyclic) bond motifs is 1. The van der Waals surface area contributed by atoms with E-state index in [2.05, 4.69) is 18.0 Å². The molecule has 0 bridgehead atoms. The van der Waals surface area contributed by atoms with Gasteiger partial charge in [-0.3, -0.25) is 19.8 Å². The van der Waals surface area contributed by atoms with Crippen molar-refractivity contribution in [3.8, 4) is 0 Å². The molecule has 0 atom stereocenters. The number of aryl methyl sites for hydroxylation is 2. The predicted octanol–water partition coefficient (Wildman–Crippen LogP) is 4.85. The second-order valence-corrected chi connectivity index (χ2v) is 8.39. The minimum atomic E-state index is -0.451. The third kappa shape index (κ3) is 6.10. The fourth-order valence-corrected chi connectivity index (χ4v) is 3.96. The number of halogens is 1. The summed E-state index contributed by atoms with van der Waals surface area (Å²) in [5, 5.41) is 11.6. The molecule has 3 aromatic rings. The van der Waals surface area contributed by atoms with Crippen LogP contribution in [-0.4, -0.2) is 47.9 Å². The number of aromatic nitrogens is 1. The molecule has 7 nitrogen and oxygen atoms in total. The van der Waals surface area contributed by atoms with Crippen LogP contribution in [0.15, 0.2) is 42.5 Å². The molecule has 0 aliphatic rings. The van der Waals surface area contributed by atoms with Crippen molar-refractivity contribution in [1.29, 1.82) is 0 Å². The molecule has 31 heavy (non-hydrogen) atoms. The monoisotopic (exact) mass is 460 g/mol. The highest BCUT2D eigenvalue weighted by Gasteiger charge is 2.18. The number of thiazole rings is 1. The molecule has 2 aromatic carbocycles. The number of hydrogen-bond acceptors (Lipinski definition) is 6. The van der Waals surface area contributed by atoms with Crippen LogP contribution in [0.2, 0.25) is 0 Å². The van der Waals surface area contributed by atoms with Gasteiger partial charge in [0.15, 0.2) is 5.13 Å². The normalized spacial score (nSPS) is 11.1. The van der Waals surface area contributed by atoms with Gasteiger partial charge in [0.05, 0.1) is 15.1 Å². The number of nitrogens with zero attached hydrogens (tertiary/aromatic N) is 4. The summed E-state index contributed by atoms with van der Waals surface area (Å²) in [5.74, 6) is -0.212. The summed E-state index contributed by atoms with van der Waals surface area (Å²) >= 11 is 1.49. The number of carbonyl (C=O) groups is 1. The number of anilines is 1. The van der Waals surface area contributed by atoms with Crippen molar-refractivity contribution in [1.82, 2.24) is 9.88 Å². The summed E-state index contributed by atoms with van der Waals surface area (Å²) in [7, 11) is 3.90. The SMILES string of the molecule is Cc1cc2nc(N(CCN(C)C)C(=O)C=Cc3cccc([N+](=O)[O-])c3)sc2cc1C.Cl. The van der Waals surface area contributed by atoms with Gasteiger partial charge >= 0.3 is 0 Å². The van der Waals surface area contributed by atoms with Crippen LogP contribution in [0.4, 0.5) is 10.8 Å². The van der Waals surface area contributed by atoms with Crippen molar-refractivity contribution in [2.75, 3.05) is 32.1 Å². The highest BCUT2D eigenvalue weighted by molar-refractivity contribution is 7.22. The summed E-state index contributed by atoms with van der Waals surface area (Å²) < 4.78 is 1.04. The molecule has 1 heterocycles. The molecule has 1 aromatic heterocycles. The molecule has 0 radical (unpaired) electrons. The van der Waals surface area contributed by atoms with Gasteiger partial charge in [-0.2, -0.15) is 0 Å². The van der Waals surface area contributed by atoms with E-state index in [9.17, 15) is 14.9 Å². The number of hydrogen-bond donors (Lipinski definition) is 0. The molecule has 0 saturated heterocycles. The Morgan fingerprint density at radius 1 is 1.16 bits per heavy atom. The average Bonchev–Trinajstić information content (AvgIpc) is 3.09. The number of nitro groups is 1. The van der Waals surface area contributed by atoms with Crippen molar-refractivity contribution < 1.29 is 9.72 Å². The maximum absolute atomic E-state index is 13.0. The number of likely N-dealkylation sites (N-methyl/N-ethyl adjacent to an activating group) is 1. The molecule has 3 rings (SSSR count). The zero-order chi connectivity index (χ0) is 21.8. The quantitative estimate of drug-likeness (QED) is 0.286. The van der Waals surface area contributed by atoms with Gasteiger partial charge in [0.1, 0.15) is 0 Å². The molecule has 0 unspecified atom stereocenters. The van der Waals surface area contributed by atoms with Crippen LogP contribution in [0, 0.1) is 24.0 Å². The van der Waals surface area contributed by atoms with Gasteiger partial charge in [-0.25, -0.2) is 4.98 Å². The lowest BCUT2D eigenvalue weighted by Gasteiger charge is -2.20. The standard InChI is InChI=1S/C22H24N4O3S.ClH/c1-15-12-19-20(13-16(15)2)30-22(23-19)25(11-10-24(3)4)21(27)9-8-17-6-5-7-18(14-17)26(28)29;/h5-9,12-14H,10-11H2,1-4H3;1H. The van der Waals surface area contributed by atoms with Crippen molar-refractivity contribution in [3.63, 3.8) is 0 Å². The van der Waals surface area contributed by atoms with E-state index in [1.54, 1.807) is 23.1 Å². The van der Waals surface area contributed by atoms with E-state index in [1.165, 1.54) is 35.1 Å². The molecule has 0 aliphatic heterocycles. The van der Waals surface area contributed by atoms with Gasteiger partial charge in [-0.15, -0.1) is 12.4 Å².